The van der Waals surface area contributed by atoms with Crippen LogP contribution in [-0.4, -0.2) is 19.7 Å². The minimum atomic E-state index is 0.534. The Morgan fingerprint density at radius 2 is 1.90 bits per heavy atom. The number of hydrogen-bond acceptors (Lipinski definition) is 5. The maximum atomic E-state index is 5.44. The van der Waals surface area contributed by atoms with Gasteiger partial charge in [0, 0.05) is 24.2 Å². The van der Waals surface area contributed by atoms with Gasteiger partial charge in [-0.3, -0.25) is 9.67 Å². The van der Waals surface area contributed by atoms with Crippen molar-refractivity contribution in [3.05, 3.63) is 60.7 Å². The van der Waals surface area contributed by atoms with Crippen molar-refractivity contribution in [1.29, 1.82) is 0 Å². The number of hydrogen-bond donors (Lipinski definition) is 2. The summed E-state index contributed by atoms with van der Waals surface area (Å²) in [7, 11) is 0. The van der Waals surface area contributed by atoms with Crippen molar-refractivity contribution >= 4 is 5.82 Å². The number of hydrazine groups is 1. The lowest BCUT2D eigenvalue weighted by Gasteiger charge is -2.03. The Bertz CT molecular complexity index is 692. The summed E-state index contributed by atoms with van der Waals surface area (Å²) in [6.45, 7) is 0.715. The molecule has 0 bridgehead atoms. The first-order valence-corrected chi connectivity index (χ1v) is 6.21. The zero-order valence-corrected chi connectivity index (χ0v) is 10.8. The molecule has 0 saturated carbocycles. The molecule has 6 nitrogen and oxygen atoms in total. The predicted molar refractivity (Wildman–Crippen MR) is 76.6 cm³/mol. The number of anilines is 1. The average Bonchev–Trinajstić information content (AvgIpc) is 2.96. The second-order valence-electron chi connectivity index (χ2n) is 4.31. The molecule has 0 unspecified atom stereocenters. The average molecular weight is 266 g/mol. The number of nitrogen functional groups attached to an aromatic ring is 1. The van der Waals surface area contributed by atoms with Crippen molar-refractivity contribution in [1.82, 2.24) is 19.7 Å². The van der Waals surface area contributed by atoms with Crippen molar-refractivity contribution < 1.29 is 0 Å². The van der Waals surface area contributed by atoms with Gasteiger partial charge in [0.2, 0.25) is 0 Å². The summed E-state index contributed by atoms with van der Waals surface area (Å²) in [6, 6.07) is 10.2. The Kier molecular flexibility index (Phi) is 3.38. The Balaban J connectivity index is 1.87. The molecule has 0 radical (unpaired) electrons. The summed E-state index contributed by atoms with van der Waals surface area (Å²) < 4.78 is 1.86. The van der Waals surface area contributed by atoms with Gasteiger partial charge in [-0.05, 0) is 5.56 Å². The molecule has 0 aliphatic heterocycles. The maximum absolute atomic E-state index is 5.44. The van der Waals surface area contributed by atoms with Gasteiger partial charge in [-0.25, -0.2) is 10.8 Å². The lowest BCUT2D eigenvalue weighted by molar-refractivity contribution is 0.687. The number of aromatic nitrogens is 4. The highest BCUT2D eigenvalue weighted by Gasteiger charge is 2.09. The second kappa shape index (κ2) is 5.50. The quantitative estimate of drug-likeness (QED) is 0.554. The zero-order valence-electron chi connectivity index (χ0n) is 10.8. The highest BCUT2D eigenvalue weighted by molar-refractivity contribution is 5.69. The monoisotopic (exact) mass is 266 g/mol. The standard InChI is InChI=1S/C14H14N6/c15-19-14-13(16-6-7-17-14)12-8-18-20(10-12)9-11-4-2-1-3-5-11/h1-8,10H,9,15H2,(H,17,19). The van der Waals surface area contributed by atoms with E-state index in [2.05, 4.69) is 32.6 Å². The molecule has 0 atom stereocenters. The molecule has 3 rings (SSSR count). The molecule has 3 N–H and O–H groups in total. The number of rotatable bonds is 4. The van der Waals surface area contributed by atoms with Gasteiger partial charge in [0.25, 0.3) is 0 Å². The number of nitrogens with zero attached hydrogens (tertiary/aromatic N) is 4. The van der Waals surface area contributed by atoms with Gasteiger partial charge in [0.15, 0.2) is 5.82 Å². The predicted octanol–water partition coefficient (Wildman–Crippen LogP) is 1.67. The van der Waals surface area contributed by atoms with Crippen molar-refractivity contribution in [2.24, 2.45) is 5.84 Å². The third-order valence-electron chi connectivity index (χ3n) is 2.93. The lowest BCUT2D eigenvalue weighted by Crippen LogP contribution is -2.10. The van der Waals surface area contributed by atoms with Crippen LogP contribution in [0.5, 0.6) is 0 Å². The molecule has 2 heterocycles. The summed E-state index contributed by atoms with van der Waals surface area (Å²) in [6.07, 6.45) is 6.91. The van der Waals surface area contributed by atoms with Crippen LogP contribution in [0, 0.1) is 0 Å². The van der Waals surface area contributed by atoms with E-state index in [1.165, 1.54) is 5.56 Å². The first-order chi connectivity index (χ1) is 9.86. The van der Waals surface area contributed by atoms with Gasteiger partial charge in [-0.15, -0.1) is 0 Å². The molecule has 0 saturated heterocycles. The van der Waals surface area contributed by atoms with E-state index in [0.29, 0.717) is 18.1 Å². The molecule has 3 aromatic rings. The minimum Gasteiger partial charge on any atom is -0.307 e. The summed E-state index contributed by atoms with van der Waals surface area (Å²) in [5, 5.41) is 4.34. The third kappa shape index (κ3) is 2.50. The first kappa shape index (κ1) is 12.3. The van der Waals surface area contributed by atoms with Crippen LogP contribution in [0.1, 0.15) is 5.56 Å². The first-order valence-electron chi connectivity index (χ1n) is 6.21. The van der Waals surface area contributed by atoms with E-state index in [-0.39, 0.29) is 0 Å². The fourth-order valence-corrected chi connectivity index (χ4v) is 2.00. The molecule has 0 amide bonds. The highest BCUT2D eigenvalue weighted by atomic mass is 15.3. The SMILES string of the molecule is NNc1nccnc1-c1cnn(Cc2ccccc2)c1. The summed E-state index contributed by atoms with van der Waals surface area (Å²) in [4.78, 5) is 8.41. The van der Waals surface area contributed by atoms with E-state index < -0.39 is 0 Å². The van der Waals surface area contributed by atoms with Crippen LogP contribution in [0.3, 0.4) is 0 Å². The van der Waals surface area contributed by atoms with Crippen molar-refractivity contribution in [2.75, 3.05) is 5.43 Å². The highest BCUT2D eigenvalue weighted by Crippen LogP contribution is 2.22. The van der Waals surface area contributed by atoms with Crippen LogP contribution in [0.4, 0.5) is 5.82 Å². The van der Waals surface area contributed by atoms with Crippen molar-refractivity contribution in [3.8, 4) is 11.3 Å². The van der Waals surface area contributed by atoms with Crippen LogP contribution in [0.25, 0.3) is 11.3 Å². The van der Waals surface area contributed by atoms with E-state index in [0.717, 1.165) is 5.56 Å². The summed E-state index contributed by atoms with van der Waals surface area (Å²) in [5.74, 6) is 5.97. The largest absolute Gasteiger partial charge is 0.307 e. The van der Waals surface area contributed by atoms with Crippen LogP contribution in [-0.2, 0) is 6.54 Å². The third-order valence-corrected chi connectivity index (χ3v) is 2.93. The second-order valence-corrected chi connectivity index (χ2v) is 4.31. The van der Waals surface area contributed by atoms with E-state index in [4.69, 9.17) is 5.84 Å². The van der Waals surface area contributed by atoms with Gasteiger partial charge in [0.1, 0.15) is 5.69 Å². The summed E-state index contributed by atoms with van der Waals surface area (Å²) in [5.41, 5.74) is 5.30. The fraction of sp³-hybridized carbons (Fsp3) is 0.0714. The lowest BCUT2D eigenvalue weighted by atomic mass is 10.2. The molecule has 2 aromatic heterocycles. The molecular weight excluding hydrogens is 252 g/mol. The Hall–Kier alpha value is -2.73. The molecule has 100 valence electrons. The smallest absolute Gasteiger partial charge is 0.166 e. The van der Waals surface area contributed by atoms with Gasteiger partial charge in [0.05, 0.1) is 12.7 Å². The molecule has 0 aliphatic rings. The minimum absolute atomic E-state index is 0.534. The molecule has 1 aromatic carbocycles. The van der Waals surface area contributed by atoms with E-state index in [9.17, 15) is 0 Å². The van der Waals surface area contributed by atoms with Crippen LogP contribution < -0.4 is 11.3 Å². The van der Waals surface area contributed by atoms with Crippen LogP contribution >= 0.6 is 0 Å². The Morgan fingerprint density at radius 1 is 1.10 bits per heavy atom. The van der Waals surface area contributed by atoms with Gasteiger partial charge >= 0.3 is 0 Å². The van der Waals surface area contributed by atoms with Gasteiger partial charge in [-0.2, -0.15) is 5.10 Å². The van der Waals surface area contributed by atoms with E-state index >= 15 is 0 Å². The van der Waals surface area contributed by atoms with E-state index in [1.807, 2.05) is 29.1 Å². The Morgan fingerprint density at radius 3 is 2.70 bits per heavy atom. The Labute approximate surface area is 116 Å². The molecule has 6 heteroatoms. The number of nitrogens with two attached hydrogens (primary N) is 1. The topological polar surface area (TPSA) is 81.7 Å². The van der Waals surface area contributed by atoms with Crippen molar-refractivity contribution in [2.45, 2.75) is 6.54 Å². The van der Waals surface area contributed by atoms with Gasteiger partial charge in [-0.1, -0.05) is 30.3 Å². The maximum Gasteiger partial charge on any atom is 0.166 e. The fourth-order valence-electron chi connectivity index (χ4n) is 2.00. The normalized spacial score (nSPS) is 10.4. The van der Waals surface area contributed by atoms with Gasteiger partial charge < -0.3 is 5.43 Å². The van der Waals surface area contributed by atoms with Crippen molar-refractivity contribution in [3.63, 3.8) is 0 Å². The number of nitrogens with one attached hydrogen (secondary N) is 1. The van der Waals surface area contributed by atoms with Crippen LogP contribution in [0.2, 0.25) is 0 Å². The summed E-state index contributed by atoms with van der Waals surface area (Å²) >= 11 is 0. The molecular formula is C14H14N6. The number of benzene rings is 1. The van der Waals surface area contributed by atoms with Crippen LogP contribution in [0.15, 0.2) is 55.1 Å². The molecule has 0 spiro atoms. The molecule has 0 fully saturated rings. The van der Waals surface area contributed by atoms with E-state index in [1.54, 1.807) is 18.6 Å². The zero-order chi connectivity index (χ0) is 13.8. The molecule has 0 aliphatic carbocycles. The molecule has 20 heavy (non-hydrogen) atoms.